The summed E-state index contributed by atoms with van der Waals surface area (Å²) in [6, 6.07) is 8.23. The molecule has 1 atom stereocenters. The van der Waals surface area contributed by atoms with Crippen molar-refractivity contribution in [1.29, 1.82) is 0 Å². The summed E-state index contributed by atoms with van der Waals surface area (Å²) in [5, 5.41) is 2.89. The first-order valence-electron chi connectivity index (χ1n) is 7.84. The van der Waals surface area contributed by atoms with Crippen LogP contribution in [0.15, 0.2) is 41.3 Å². The number of H-pyrrole nitrogens is 1. The zero-order valence-corrected chi connectivity index (χ0v) is 15.0. The van der Waals surface area contributed by atoms with Crippen molar-refractivity contribution in [2.24, 2.45) is 0 Å². The van der Waals surface area contributed by atoms with Crippen LogP contribution in [0.25, 0.3) is 11.5 Å². The van der Waals surface area contributed by atoms with Gasteiger partial charge in [0.25, 0.3) is 11.5 Å². The number of aromatic amines is 1. The molecule has 0 saturated heterocycles. The van der Waals surface area contributed by atoms with Crippen LogP contribution in [-0.4, -0.2) is 20.9 Å². The molecule has 1 amide bonds. The minimum Gasteiger partial charge on any atom is -0.343 e. The average molecular weight is 354 g/mol. The van der Waals surface area contributed by atoms with E-state index in [1.807, 2.05) is 26.0 Å². The van der Waals surface area contributed by atoms with Crippen LogP contribution in [-0.2, 0) is 0 Å². The van der Waals surface area contributed by atoms with Crippen molar-refractivity contribution in [2.75, 3.05) is 0 Å². The molecule has 3 aromatic rings. The third-order valence-electron chi connectivity index (χ3n) is 3.85. The summed E-state index contributed by atoms with van der Waals surface area (Å²) in [6.07, 6.45) is 1.63. The van der Waals surface area contributed by atoms with Gasteiger partial charge in [0.2, 0.25) is 0 Å². The van der Waals surface area contributed by atoms with Crippen molar-refractivity contribution in [3.05, 3.63) is 67.9 Å². The van der Waals surface area contributed by atoms with Crippen LogP contribution < -0.4 is 10.9 Å². The molecule has 0 radical (unpaired) electrons. The van der Waals surface area contributed by atoms with Crippen LogP contribution >= 0.6 is 11.3 Å². The van der Waals surface area contributed by atoms with Gasteiger partial charge in [-0.25, -0.2) is 4.98 Å². The monoisotopic (exact) mass is 354 g/mol. The highest BCUT2D eigenvalue weighted by molar-refractivity contribution is 7.14. The number of amides is 1. The third kappa shape index (κ3) is 3.83. The lowest BCUT2D eigenvalue weighted by Crippen LogP contribution is -2.28. The van der Waals surface area contributed by atoms with Crippen molar-refractivity contribution in [3.63, 3.8) is 0 Å². The Bertz CT molecular complexity index is 943. The third-order valence-corrected chi connectivity index (χ3v) is 5.00. The summed E-state index contributed by atoms with van der Waals surface area (Å²) >= 11 is 1.45. The second-order valence-corrected chi connectivity index (χ2v) is 7.04. The maximum Gasteiger partial charge on any atom is 0.261 e. The number of aryl methyl sites for hydroxylation is 2. The Kier molecular flexibility index (Phi) is 4.76. The van der Waals surface area contributed by atoms with Gasteiger partial charge in [-0.05, 0) is 44.5 Å². The number of nitrogens with zero attached hydrogens (tertiary/aromatic N) is 2. The van der Waals surface area contributed by atoms with Crippen LogP contribution in [0.4, 0.5) is 0 Å². The number of hydrogen-bond acceptors (Lipinski definition) is 5. The second kappa shape index (κ2) is 6.98. The van der Waals surface area contributed by atoms with E-state index in [1.165, 1.54) is 17.4 Å². The molecular formula is C18H18N4O2S. The van der Waals surface area contributed by atoms with Crippen LogP contribution in [0.3, 0.4) is 0 Å². The van der Waals surface area contributed by atoms with Gasteiger partial charge in [-0.15, -0.1) is 11.3 Å². The Morgan fingerprint density at radius 1 is 1.28 bits per heavy atom. The second-order valence-electron chi connectivity index (χ2n) is 5.78. The quantitative estimate of drug-likeness (QED) is 0.754. The topological polar surface area (TPSA) is 87.7 Å². The molecule has 0 fully saturated rings. The van der Waals surface area contributed by atoms with Crippen LogP contribution in [0, 0.1) is 13.8 Å². The zero-order valence-electron chi connectivity index (χ0n) is 14.2. The smallest absolute Gasteiger partial charge is 0.261 e. The van der Waals surface area contributed by atoms with Crippen molar-refractivity contribution in [3.8, 4) is 11.5 Å². The molecule has 0 aliphatic heterocycles. The van der Waals surface area contributed by atoms with Crippen molar-refractivity contribution >= 4 is 17.2 Å². The largest absolute Gasteiger partial charge is 0.343 e. The van der Waals surface area contributed by atoms with E-state index >= 15 is 0 Å². The fourth-order valence-electron chi connectivity index (χ4n) is 2.35. The number of pyridine rings is 1. The van der Waals surface area contributed by atoms with E-state index in [9.17, 15) is 9.59 Å². The SMILES string of the molecule is Cc1cc(C(=O)N[C@@H](C)c2cc(=O)[nH]c(-c3ccccn3)n2)sc1C. The fraction of sp³-hybridized carbons (Fsp3) is 0.222. The summed E-state index contributed by atoms with van der Waals surface area (Å²) in [4.78, 5) is 37.4. The van der Waals surface area contributed by atoms with Crippen molar-refractivity contribution in [1.82, 2.24) is 20.3 Å². The molecule has 0 bridgehead atoms. The normalized spacial score (nSPS) is 12.0. The Morgan fingerprint density at radius 2 is 2.08 bits per heavy atom. The summed E-state index contributed by atoms with van der Waals surface area (Å²) in [5.74, 6) is 0.210. The average Bonchev–Trinajstić information content (AvgIpc) is 2.94. The van der Waals surface area contributed by atoms with Crippen LogP contribution in [0.5, 0.6) is 0 Å². The molecule has 3 aromatic heterocycles. The highest BCUT2D eigenvalue weighted by atomic mass is 32.1. The maximum absolute atomic E-state index is 12.4. The van der Waals surface area contributed by atoms with E-state index in [0.717, 1.165) is 10.4 Å². The van der Waals surface area contributed by atoms with Gasteiger partial charge in [-0.2, -0.15) is 0 Å². The van der Waals surface area contributed by atoms with Crippen molar-refractivity contribution < 1.29 is 4.79 Å². The summed E-state index contributed by atoms with van der Waals surface area (Å²) in [5.41, 5.74) is 1.87. The molecule has 0 unspecified atom stereocenters. The lowest BCUT2D eigenvalue weighted by Gasteiger charge is -2.13. The zero-order chi connectivity index (χ0) is 18.0. The molecule has 0 aromatic carbocycles. The molecule has 3 rings (SSSR count). The molecule has 2 N–H and O–H groups in total. The number of hydrogen-bond donors (Lipinski definition) is 2. The van der Waals surface area contributed by atoms with Gasteiger partial charge in [-0.1, -0.05) is 6.07 Å². The van der Waals surface area contributed by atoms with Crippen molar-refractivity contribution in [2.45, 2.75) is 26.8 Å². The minimum atomic E-state index is -0.403. The Balaban J connectivity index is 1.85. The maximum atomic E-state index is 12.4. The number of carbonyl (C=O) groups excluding carboxylic acids is 1. The Morgan fingerprint density at radius 3 is 2.72 bits per heavy atom. The first kappa shape index (κ1) is 17.0. The van der Waals surface area contributed by atoms with Gasteiger partial charge in [0.05, 0.1) is 16.6 Å². The molecule has 25 heavy (non-hydrogen) atoms. The van der Waals surface area contributed by atoms with Crippen LogP contribution in [0.1, 0.15) is 38.8 Å². The predicted octanol–water partition coefficient (Wildman–Crippen LogP) is 3.00. The van der Waals surface area contributed by atoms with E-state index in [4.69, 9.17) is 0 Å². The molecular weight excluding hydrogens is 336 g/mol. The number of aromatic nitrogens is 3. The molecule has 0 aliphatic rings. The van der Waals surface area contributed by atoms with Gasteiger partial charge in [0, 0.05) is 17.1 Å². The van der Waals surface area contributed by atoms with E-state index in [-0.39, 0.29) is 11.5 Å². The summed E-state index contributed by atoms with van der Waals surface area (Å²) < 4.78 is 0. The first-order chi connectivity index (χ1) is 11.9. The molecule has 3 heterocycles. The van der Waals surface area contributed by atoms with E-state index in [1.54, 1.807) is 25.3 Å². The van der Waals surface area contributed by atoms with Gasteiger partial charge in [-0.3, -0.25) is 14.6 Å². The van der Waals surface area contributed by atoms with Crippen LogP contribution in [0.2, 0.25) is 0 Å². The van der Waals surface area contributed by atoms with Gasteiger partial charge in [0.15, 0.2) is 5.82 Å². The summed E-state index contributed by atoms with van der Waals surface area (Å²) in [6.45, 7) is 5.76. The lowest BCUT2D eigenvalue weighted by atomic mass is 10.2. The van der Waals surface area contributed by atoms with Gasteiger partial charge >= 0.3 is 0 Å². The lowest BCUT2D eigenvalue weighted by molar-refractivity contribution is 0.0943. The minimum absolute atomic E-state index is 0.171. The highest BCUT2D eigenvalue weighted by Gasteiger charge is 2.16. The highest BCUT2D eigenvalue weighted by Crippen LogP contribution is 2.21. The van der Waals surface area contributed by atoms with E-state index in [2.05, 4.69) is 20.3 Å². The number of thiophene rings is 1. The Labute approximate surface area is 149 Å². The summed E-state index contributed by atoms with van der Waals surface area (Å²) in [7, 11) is 0. The van der Waals surface area contributed by atoms with E-state index < -0.39 is 6.04 Å². The number of nitrogens with one attached hydrogen (secondary N) is 2. The molecule has 0 spiro atoms. The van der Waals surface area contributed by atoms with E-state index in [0.29, 0.717) is 22.1 Å². The molecule has 6 nitrogen and oxygen atoms in total. The molecule has 128 valence electrons. The van der Waals surface area contributed by atoms with Gasteiger partial charge in [0.1, 0.15) is 5.69 Å². The van der Waals surface area contributed by atoms with Gasteiger partial charge < -0.3 is 10.3 Å². The number of carbonyl (C=O) groups is 1. The molecule has 0 aliphatic carbocycles. The first-order valence-corrected chi connectivity index (χ1v) is 8.66. The number of rotatable bonds is 4. The molecule has 7 heteroatoms. The predicted molar refractivity (Wildman–Crippen MR) is 97.8 cm³/mol. The molecule has 0 saturated carbocycles. The Hall–Kier alpha value is -2.80. The standard InChI is InChI=1S/C18H18N4O2S/c1-10-8-15(25-12(10)3)18(24)20-11(2)14-9-16(23)22-17(21-14)13-6-4-5-7-19-13/h4-9,11H,1-3H3,(H,20,24)(H,21,22,23)/t11-/m0/s1. The fourth-order valence-corrected chi connectivity index (χ4v) is 3.29.